The van der Waals surface area contributed by atoms with Gasteiger partial charge in [0.1, 0.15) is 6.29 Å². The standard InChI is InChI=1S/C11H18O2/c1-9-4-10(5-9)6-11(7-12)2-3-13-8-11/h7,9-10H,2-6,8H2,1H3. The molecule has 13 heavy (non-hydrogen) atoms. The lowest BCUT2D eigenvalue weighted by Crippen LogP contribution is -2.31. The molecule has 74 valence electrons. The maximum absolute atomic E-state index is 11.0. The van der Waals surface area contributed by atoms with E-state index < -0.39 is 0 Å². The van der Waals surface area contributed by atoms with E-state index in [9.17, 15) is 4.79 Å². The zero-order valence-electron chi connectivity index (χ0n) is 8.29. The minimum absolute atomic E-state index is 0.106. The van der Waals surface area contributed by atoms with Crippen molar-refractivity contribution in [1.82, 2.24) is 0 Å². The highest BCUT2D eigenvalue weighted by Gasteiger charge is 2.39. The zero-order valence-corrected chi connectivity index (χ0v) is 8.29. The first-order valence-electron chi connectivity index (χ1n) is 5.28. The fourth-order valence-corrected chi connectivity index (χ4v) is 2.74. The Morgan fingerprint density at radius 1 is 1.54 bits per heavy atom. The molecule has 1 aliphatic carbocycles. The van der Waals surface area contributed by atoms with Gasteiger partial charge < -0.3 is 9.53 Å². The van der Waals surface area contributed by atoms with Gasteiger partial charge >= 0.3 is 0 Å². The Bertz CT molecular complexity index is 188. The van der Waals surface area contributed by atoms with Crippen molar-refractivity contribution in [2.24, 2.45) is 17.3 Å². The quantitative estimate of drug-likeness (QED) is 0.624. The Balaban J connectivity index is 1.87. The molecule has 0 radical (unpaired) electrons. The van der Waals surface area contributed by atoms with Crippen LogP contribution in [0.5, 0.6) is 0 Å². The second-order valence-corrected chi connectivity index (χ2v) is 4.93. The van der Waals surface area contributed by atoms with Crippen LogP contribution in [-0.2, 0) is 9.53 Å². The van der Waals surface area contributed by atoms with Crippen LogP contribution in [0.3, 0.4) is 0 Å². The summed E-state index contributed by atoms with van der Waals surface area (Å²) in [5.41, 5.74) is -0.106. The number of hydrogen-bond donors (Lipinski definition) is 0. The smallest absolute Gasteiger partial charge is 0.128 e. The Labute approximate surface area is 79.7 Å². The predicted octanol–water partition coefficient (Wildman–Crippen LogP) is 2.03. The topological polar surface area (TPSA) is 26.3 Å². The lowest BCUT2D eigenvalue weighted by molar-refractivity contribution is -0.117. The number of rotatable bonds is 3. The minimum atomic E-state index is -0.106. The van der Waals surface area contributed by atoms with Gasteiger partial charge in [0, 0.05) is 6.61 Å². The van der Waals surface area contributed by atoms with E-state index in [1.54, 1.807) is 0 Å². The SMILES string of the molecule is CC1CC(CC2(C=O)CCOC2)C1. The summed E-state index contributed by atoms with van der Waals surface area (Å²) in [4.78, 5) is 11.0. The summed E-state index contributed by atoms with van der Waals surface area (Å²) in [7, 11) is 0. The van der Waals surface area contributed by atoms with Crippen molar-refractivity contribution in [2.45, 2.75) is 32.6 Å². The van der Waals surface area contributed by atoms with Gasteiger partial charge in [-0.1, -0.05) is 6.92 Å². The molecule has 1 saturated carbocycles. The van der Waals surface area contributed by atoms with Crippen LogP contribution in [0.4, 0.5) is 0 Å². The molecular weight excluding hydrogens is 164 g/mol. The maximum Gasteiger partial charge on any atom is 0.128 e. The van der Waals surface area contributed by atoms with Crippen molar-refractivity contribution in [1.29, 1.82) is 0 Å². The maximum atomic E-state index is 11.0. The number of carbonyl (C=O) groups is 1. The first-order chi connectivity index (χ1) is 6.24. The average Bonchev–Trinajstić information content (AvgIpc) is 2.51. The Hall–Kier alpha value is -0.370. The second-order valence-electron chi connectivity index (χ2n) is 4.93. The molecule has 1 atom stereocenters. The molecule has 2 nitrogen and oxygen atoms in total. The van der Waals surface area contributed by atoms with Crippen LogP contribution in [0.15, 0.2) is 0 Å². The van der Waals surface area contributed by atoms with Crippen LogP contribution in [0.2, 0.25) is 0 Å². The van der Waals surface area contributed by atoms with E-state index in [1.807, 2.05) is 0 Å². The van der Waals surface area contributed by atoms with E-state index in [1.165, 1.54) is 12.8 Å². The summed E-state index contributed by atoms with van der Waals surface area (Å²) in [5, 5.41) is 0. The van der Waals surface area contributed by atoms with E-state index in [0.717, 1.165) is 37.6 Å². The minimum Gasteiger partial charge on any atom is -0.380 e. The first kappa shape index (κ1) is 9.20. The molecule has 0 aromatic carbocycles. The summed E-state index contributed by atoms with van der Waals surface area (Å²) in [6, 6.07) is 0. The number of aldehydes is 1. The molecule has 1 saturated heterocycles. The van der Waals surface area contributed by atoms with Gasteiger partial charge in [0.05, 0.1) is 12.0 Å². The van der Waals surface area contributed by atoms with Crippen LogP contribution in [-0.4, -0.2) is 19.5 Å². The molecule has 0 N–H and O–H groups in total. The van der Waals surface area contributed by atoms with Crippen molar-refractivity contribution in [3.8, 4) is 0 Å². The van der Waals surface area contributed by atoms with E-state index in [4.69, 9.17) is 4.74 Å². The summed E-state index contributed by atoms with van der Waals surface area (Å²) in [6.07, 6.45) is 5.79. The normalized spacial score (nSPS) is 44.4. The van der Waals surface area contributed by atoms with Crippen LogP contribution >= 0.6 is 0 Å². The van der Waals surface area contributed by atoms with Gasteiger partial charge in [-0.05, 0) is 37.5 Å². The highest BCUT2D eigenvalue weighted by Crippen LogP contribution is 2.43. The monoisotopic (exact) mass is 182 g/mol. The van der Waals surface area contributed by atoms with Gasteiger partial charge in [-0.25, -0.2) is 0 Å². The summed E-state index contributed by atoms with van der Waals surface area (Å²) < 4.78 is 5.32. The molecule has 2 heteroatoms. The fraction of sp³-hybridized carbons (Fsp3) is 0.909. The summed E-state index contributed by atoms with van der Waals surface area (Å²) in [5.74, 6) is 1.68. The molecule has 0 aromatic heterocycles. The molecule has 1 heterocycles. The molecule has 0 amide bonds. The van der Waals surface area contributed by atoms with E-state index in [-0.39, 0.29) is 5.41 Å². The van der Waals surface area contributed by atoms with Crippen molar-refractivity contribution in [3.63, 3.8) is 0 Å². The van der Waals surface area contributed by atoms with Gasteiger partial charge in [-0.3, -0.25) is 0 Å². The van der Waals surface area contributed by atoms with Gasteiger partial charge in [0.2, 0.25) is 0 Å². The van der Waals surface area contributed by atoms with Gasteiger partial charge in [0.25, 0.3) is 0 Å². The summed E-state index contributed by atoms with van der Waals surface area (Å²) in [6.45, 7) is 3.73. The number of hydrogen-bond acceptors (Lipinski definition) is 2. The molecule has 2 aliphatic rings. The lowest BCUT2D eigenvalue weighted by atomic mass is 9.67. The molecular formula is C11H18O2. The first-order valence-corrected chi connectivity index (χ1v) is 5.28. The van der Waals surface area contributed by atoms with Crippen LogP contribution in [0, 0.1) is 17.3 Å². The third kappa shape index (κ3) is 1.78. The highest BCUT2D eigenvalue weighted by molar-refractivity contribution is 5.60. The van der Waals surface area contributed by atoms with Crippen LogP contribution in [0.25, 0.3) is 0 Å². The molecule has 1 aliphatic heterocycles. The van der Waals surface area contributed by atoms with Gasteiger partial charge in [-0.15, -0.1) is 0 Å². The number of carbonyl (C=O) groups excluding carboxylic acids is 1. The average molecular weight is 182 g/mol. The lowest BCUT2D eigenvalue weighted by Gasteiger charge is -2.37. The third-order valence-electron chi connectivity index (χ3n) is 3.55. The van der Waals surface area contributed by atoms with E-state index >= 15 is 0 Å². The number of ether oxygens (including phenoxy) is 1. The van der Waals surface area contributed by atoms with Crippen molar-refractivity contribution in [3.05, 3.63) is 0 Å². The van der Waals surface area contributed by atoms with Crippen LogP contribution < -0.4 is 0 Å². The molecule has 0 bridgehead atoms. The van der Waals surface area contributed by atoms with E-state index in [2.05, 4.69) is 6.92 Å². The molecule has 1 unspecified atom stereocenters. The Morgan fingerprint density at radius 2 is 2.31 bits per heavy atom. The second kappa shape index (κ2) is 3.41. The molecule has 2 rings (SSSR count). The molecule has 0 spiro atoms. The van der Waals surface area contributed by atoms with Crippen LogP contribution in [0.1, 0.15) is 32.6 Å². The van der Waals surface area contributed by atoms with Crippen molar-refractivity contribution >= 4 is 6.29 Å². The molecule has 0 aromatic rings. The van der Waals surface area contributed by atoms with Gasteiger partial charge in [-0.2, -0.15) is 0 Å². The zero-order chi connectivity index (χ0) is 9.31. The Morgan fingerprint density at radius 3 is 2.77 bits per heavy atom. The fourth-order valence-electron chi connectivity index (χ4n) is 2.74. The van der Waals surface area contributed by atoms with E-state index in [0.29, 0.717) is 6.61 Å². The van der Waals surface area contributed by atoms with Gasteiger partial charge in [0.15, 0.2) is 0 Å². The third-order valence-corrected chi connectivity index (χ3v) is 3.55. The highest BCUT2D eigenvalue weighted by atomic mass is 16.5. The molecule has 2 fully saturated rings. The summed E-state index contributed by atoms with van der Waals surface area (Å²) >= 11 is 0. The largest absolute Gasteiger partial charge is 0.380 e. The Kier molecular flexibility index (Phi) is 2.41. The van der Waals surface area contributed by atoms with Crippen molar-refractivity contribution in [2.75, 3.05) is 13.2 Å². The van der Waals surface area contributed by atoms with Crippen molar-refractivity contribution < 1.29 is 9.53 Å². The predicted molar refractivity (Wildman–Crippen MR) is 50.4 cm³/mol.